The molecule has 7 heteroatoms. The van der Waals surface area contributed by atoms with E-state index in [1.165, 1.54) is 22.4 Å². The van der Waals surface area contributed by atoms with Crippen LogP contribution in [0.25, 0.3) is 20.9 Å². The molecule has 0 saturated carbocycles. The topological polar surface area (TPSA) is 54.5 Å². The van der Waals surface area contributed by atoms with Crippen molar-refractivity contribution in [3.8, 4) is 26.8 Å². The first-order valence-corrected chi connectivity index (χ1v) is 10.8. The molecule has 0 aliphatic carbocycles. The van der Waals surface area contributed by atoms with Gasteiger partial charge in [0, 0.05) is 41.4 Å². The number of benzene rings is 1. The molecular weight excluding hydrogens is 390 g/mol. The Hall–Kier alpha value is -2.51. The molecular formula is C21H23N3O2S2. The van der Waals surface area contributed by atoms with E-state index in [0.717, 1.165) is 33.7 Å². The largest absolute Gasteiger partial charge is 0.480 e. The first kappa shape index (κ1) is 20.2. The number of aromatic nitrogens is 1. The Balaban J connectivity index is 1.91. The molecule has 0 aliphatic heterocycles. The van der Waals surface area contributed by atoms with Crippen LogP contribution in [0.2, 0.25) is 0 Å². The minimum absolute atomic E-state index is 0.581. The van der Waals surface area contributed by atoms with E-state index in [1.54, 1.807) is 30.4 Å². The van der Waals surface area contributed by atoms with Crippen molar-refractivity contribution in [1.29, 1.82) is 0 Å². The Morgan fingerprint density at radius 2 is 1.96 bits per heavy atom. The standard InChI is InChI=1S/C21H23N3O2S2/c1-14-5-6-15(9-17(14)12-24(2)13-25)19-7-8-20(28-19)16-10-18(23-27-4)21(26-3)22-11-16/h5-11,13,23H,12H2,1-4H3. The van der Waals surface area contributed by atoms with Gasteiger partial charge in [0.15, 0.2) is 0 Å². The quantitative estimate of drug-likeness (QED) is 0.413. The fourth-order valence-electron chi connectivity index (χ4n) is 2.88. The fraction of sp³-hybridized carbons (Fsp3) is 0.238. The molecule has 1 aromatic carbocycles. The first-order chi connectivity index (χ1) is 13.5. The summed E-state index contributed by atoms with van der Waals surface area (Å²) in [7, 11) is 3.41. The lowest BCUT2D eigenvalue weighted by Crippen LogP contribution is -2.15. The summed E-state index contributed by atoms with van der Waals surface area (Å²) in [4.78, 5) is 19.3. The number of aryl methyl sites for hydroxylation is 1. The van der Waals surface area contributed by atoms with Crippen LogP contribution in [-0.2, 0) is 11.3 Å². The van der Waals surface area contributed by atoms with E-state index in [0.29, 0.717) is 12.4 Å². The number of methoxy groups -OCH3 is 1. The number of nitrogens with zero attached hydrogens (tertiary/aromatic N) is 2. The van der Waals surface area contributed by atoms with Crippen molar-refractivity contribution in [1.82, 2.24) is 9.88 Å². The SMILES string of the molecule is COc1ncc(-c2ccc(-c3ccc(C)c(CN(C)C=O)c3)s2)cc1NSC. The summed E-state index contributed by atoms with van der Waals surface area (Å²) in [5.74, 6) is 0.581. The summed E-state index contributed by atoms with van der Waals surface area (Å²) in [6.45, 7) is 2.68. The first-order valence-electron chi connectivity index (χ1n) is 8.74. The summed E-state index contributed by atoms with van der Waals surface area (Å²) in [6, 6.07) is 12.7. The molecule has 1 amide bonds. The molecule has 0 fully saturated rings. The van der Waals surface area contributed by atoms with E-state index >= 15 is 0 Å². The third kappa shape index (κ3) is 4.48. The number of carbonyl (C=O) groups excluding carboxylic acids is 1. The summed E-state index contributed by atoms with van der Waals surface area (Å²) in [5, 5.41) is 0. The van der Waals surface area contributed by atoms with Gasteiger partial charge >= 0.3 is 0 Å². The van der Waals surface area contributed by atoms with Gasteiger partial charge in [-0.1, -0.05) is 24.1 Å². The van der Waals surface area contributed by atoms with E-state index in [4.69, 9.17) is 4.74 Å². The minimum atomic E-state index is 0.581. The van der Waals surface area contributed by atoms with Gasteiger partial charge in [-0.2, -0.15) is 0 Å². The molecule has 0 saturated heterocycles. The van der Waals surface area contributed by atoms with Gasteiger partial charge in [0.05, 0.1) is 7.11 Å². The van der Waals surface area contributed by atoms with Crippen LogP contribution in [0.4, 0.5) is 5.69 Å². The maximum atomic E-state index is 11.0. The van der Waals surface area contributed by atoms with Crippen LogP contribution in [0, 0.1) is 6.92 Å². The minimum Gasteiger partial charge on any atom is -0.480 e. The molecule has 0 atom stereocenters. The number of rotatable bonds is 8. The highest BCUT2D eigenvalue weighted by atomic mass is 32.2. The number of nitrogens with one attached hydrogen (secondary N) is 1. The summed E-state index contributed by atoms with van der Waals surface area (Å²) in [6.07, 6.45) is 4.65. The zero-order valence-electron chi connectivity index (χ0n) is 16.4. The average Bonchev–Trinajstić information content (AvgIpc) is 3.20. The Morgan fingerprint density at radius 3 is 2.64 bits per heavy atom. The number of ether oxygens (including phenoxy) is 1. The van der Waals surface area contributed by atoms with Crippen LogP contribution < -0.4 is 9.46 Å². The number of pyridine rings is 1. The molecule has 146 valence electrons. The summed E-state index contributed by atoms with van der Waals surface area (Å²) < 4.78 is 8.53. The van der Waals surface area contributed by atoms with E-state index in [-0.39, 0.29) is 0 Å². The van der Waals surface area contributed by atoms with Crippen LogP contribution >= 0.6 is 23.3 Å². The van der Waals surface area contributed by atoms with E-state index < -0.39 is 0 Å². The molecule has 2 heterocycles. The second kappa shape index (κ2) is 9.12. The average molecular weight is 414 g/mol. The molecule has 5 nitrogen and oxygen atoms in total. The van der Waals surface area contributed by atoms with Crippen LogP contribution in [-0.4, -0.2) is 36.7 Å². The van der Waals surface area contributed by atoms with Crippen molar-refractivity contribution in [3.63, 3.8) is 0 Å². The second-order valence-corrected chi connectivity index (χ2v) is 8.11. The molecule has 2 aromatic heterocycles. The Labute approximate surface area is 173 Å². The Kier molecular flexibility index (Phi) is 6.59. The molecule has 1 N–H and O–H groups in total. The molecule has 0 bridgehead atoms. The molecule has 0 radical (unpaired) electrons. The molecule has 0 unspecified atom stereocenters. The van der Waals surface area contributed by atoms with Gasteiger partial charge in [-0.15, -0.1) is 11.3 Å². The maximum absolute atomic E-state index is 11.0. The summed E-state index contributed by atoms with van der Waals surface area (Å²) >= 11 is 3.22. The number of anilines is 1. The third-order valence-corrected chi connectivity index (χ3v) is 5.99. The van der Waals surface area contributed by atoms with Crippen LogP contribution in [0.5, 0.6) is 5.88 Å². The lowest BCUT2D eigenvalue weighted by Gasteiger charge is -2.14. The van der Waals surface area contributed by atoms with Crippen molar-refractivity contribution in [3.05, 3.63) is 53.7 Å². The van der Waals surface area contributed by atoms with Gasteiger partial charge in [-0.25, -0.2) is 4.98 Å². The van der Waals surface area contributed by atoms with Crippen LogP contribution in [0.1, 0.15) is 11.1 Å². The van der Waals surface area contributed by atoms with Gasteiger partial charge < -0.3 is 14.4 Å². The van der Waals surface area contributed by atoms with Gasteiger partial charge in [0.25, 0.3) is 0 Å². The maximum Gasteiger partial charge on any atom is 0.237 e. The van der Waals surface area contributed by atoms with Gasteiger partial charge in [0.1, 0.15) is 5.69 Å². The van der Waals surface area contributed by atoms with E-state index in [1.807, 2.05) is 12.5 Å². The van der Waals surface area contributed by atoms with Crippen molar-refractivity contribution in [2.45, 2.75) is 13.5 Å². The number of hydrogen-bond donors (Lipinski definition) is 1. The smallest absolute Gasteiger partial charge is 0.237 e. The second-order valence-electron chi connectivity index (χ2n) is 6.41. The lowest BCUT2D eigenvalue weighted by molar-refractivity contribution is -0.117. The molecule has 3 aromatic rings. The molecule has 0 spiro atoms. The predicted molar refractivity (Wildman–Crippen MR) is 119 cm³/mol. The number of hydrogen-bond acceptors (Lipinski definition) is 6. The Morgan fingerprint density at radius 1 is 1.21 bits per heavy atom. The van der Waals surface area contributed by atoms with Crippen molar-refractivity contribution < 1.29 is 9.53 Å². The highest BCUT2D eigenvalue weighted by Gasteiger charge is 2.11. The number of carbonyl (C=O) groups is 1. The van der Waals surface area contributed by atoms with Crippen molar-refractivity contribution in [2.75, 3.05) is 25.1 Å². The van der Waals surface area contributed by atoms with Crippen LogP contribution in [0.15, 0.2) is 42.6 Å². The number of amides is 1. The van der Waals surface area contributed by atoms with Gasteiger partial charge in [-0.05, 0) is 47.9 Å². The number of thiophene rings is 1. The fourth-order valence-corrected chi connectivity index (χ4v) is 4.23. The van der Waals surface area contributed by atoms with Gasteiger partial charge in [-0.3, -0.25) is 4.79 Å². The van der Waals surface area contributed by atoms with Crippen molar-refractivity contribution >= 4 is 35.4 Å². The monoisotopic (exact) mass is 413 g/mol. The zero-order valence-corrected chi connectivity index (χ0v) is 18.0. The van der Waals surface area contributed by atoms with E-state index in [9.17, 15) is 4.79 Å². The highest BCUT2D eigenvalue weighted by molar-refractivity contribution is 7.99. The normalized spacial score (nSPS) is 10.6. The van der Waals surface area contributed by atoms with Gasteiger partial charge in [0.2, 0.25) is 12.3 Å². The van der Waals surface area contributed by atoms with Crippen LogP contribution in [0.3, 0.4) is 0 Å². The summed E-state index contributed by atoms with van der Waals surface area (Å²) in [5.41, 5.74) is 5.39. The van der Waals surface area contributed by atoms with E-state index in [2.05, 4.69) is 53.0 Å². The molecule has 0 aliphatic rings. The zero-order chi connectivity index (χ0) is 20.1. The third-order valence-electron chi connectivity index (χ3n) is 4.38. The lowest BCUT2D eigenvalue weighted by atomic mass is 10.0. The highest BCUT2D eigenvalue weighted by Crippen LogP contribution is 2.37. The molecule has 28 heavy (non-hydrogen) atoms. The van der Waals surface area contributed by atoms with Crippen molar-refractivity contribution in [2.24, 2.45) is 0 Å². The molecule has 3 rings (SSSR count). The Bertz CT molecular complexity index is 972. The predicted octanol–water partition coefficient (Wildman–Crippen LogP) is 5.07.